The molecule has 1 heterocycles. The van der Waals surface area contributed by atoms with Gasteiger partial charge < -0.3 is 21.2 Å². The average molecular weight is 302 g/mol. The number of carbonyl (C=O) groups is 1. The summed E-state index contributed by atoms with van der Waals surface area (Å²) in [7, 11) is 0. The van der Waals surface area contributed by atoms with Gasteiger partial charge in [-0.15, -0.1) is 0 Å². The highest BCUT2D eigenvalue weighted by Crippen LogP contribution is 2.14. The number of hydrogen-bond acceptors (Lipinski definition) is 5. The lowest BCUT2D eigenvalue weighted by Gasteiger charge is -2.10. The number of hydrogen-bond donors (Lipinski definition) is 4. The molecule has 0 amide bonds. The number of benzene rings is 1. The van der Waals surface area contributed by atoms with Crippen molar-refractivity contribution in [3.63, 3.8) is 0 Å². The molecule has 0 unspecified atom stereocenters. The van der Waals surface area contributed by atoms with Gasteiger partial charge in [0.15, 0.2) is 11.7 Å². The quantitative estimate of drug-likeness (QED) is 0.202. The molecule has 2 rings (SSSR count). The fourth-order valence-corrected chi connectivity index (χ4v) is 2.11. The van der Waals surface area contributed by atoms with E-state index >= 15 is 0 Å². The van der Waals surface area contributed by atoms with Crippen LogP contribution in [0.4, 0.5) is 0 Å². The Kier molecular flexibility index (Phi) is 4.90. The topological polar surface area (TPSA) is 135 Å². The van der Waals surface area contributed by atoms with E-state index in [4.69, 9.17) is 21.3 Å². The minimum atomic E-state index is -0.794. The Balaban J connectivity index is 2.10. The molecule has 1 aromatic heterocycles. The van der Waals surface area contributed by atoms with Crippen LogP contribution in [0.5, 0.6) is 0 Å². The summed E-state index contributed by atoms with van der Waals surface area (Å²) in [6.07, 6.45) is 0.941. The maximum atomic E-state index is 12.3. The summed E-state index contributed by atoms with van der Waals surface area (Å²) >= 11 is 0. The summed E-state index contributed by atoms with van der Waals surface area (Å²) in [6.45, 7) is 0.447. The minimum absolute atomic E-state index is 0.0364. The molecule has 22 heavy (non-hydrogen) atoms. The van der Waals surface area contributed by atoms with E-state index in [9.17, 15) is 9.59 Å². The van der Waals surface area contributed by atoms with Crippen LogP contribution in [0.3, 0.4) is 0 Å². The third-order valence-electron chi connectivity index (χ3n) is 3.25. The maximum Gasteiger partial charge on any atom is 0.347 e. The van der Waals surface area contributed by atoms with E-state index in [0.29, 0.717) is 30.4 Å². The normalized spacial score (nSPS) is 12.0. The number of fused-ring (bicyclic) bond motifs is 1. The molecule has 0 saturated carbocycles. The molecule has 116 valence electrons. The lowest BCUT2D eigenvalue weighted by molar-refractivity contribution is 0.0953. The van der Waals surface area contributed by atoms with E-state index in [2.05, 4.69) is 5.32 Å². The Bertz CT molecular complexity index is 754. The standard InChI is InChI=1S/C15H18N4O3/c16-11(5-3-7-19-15(17)18)13(20)10-8-9-4-1-2-6-12(9)22-14(10)21/h1-2,4,6,8,11H,3,5,7,16H2,(H4,17,18,19)/t11-/m0/s1. The van der Waals surface area contributed by atoms with Gasteiger partial charge in [0.05, 0.1) is 6.04 Å². The second-order valence-corrected chi connectivity index (χ2v) is 4.94. The van der Waals surface area contributed by atoms with E-state index < -0.39 is 17.5 Å². The van der Waals surface area contributed by atoms with Crippen molar-refractivity contribution in [3.05, 3.63) is 46.3 Å². The van der Waals surface area contributed by atoms with Gasteiger partial charge in [-0.3, -0.25) is 10.2 Å². The predicted molar refractivity (Wildman–Crippen MR) is 83.9 cm³/mol. The maximum absolute atomic E-state index is 12.3. The van der Waals surface area contributed by atoms with Crippen LogP contribution in [0, 0.1) is 5.41 Å². The first-order chi connectivity index (χ1) is 10.5. The SMILES string of the molecule is N=C(N)NCCC[C@H](N)C(=O)c1cc2ccccc2oc1=O. The largest absolute Gasteiger partial charge is 0.422 e. The molecule has 6 N–H and O–H groups in total. The van der Waals surface area contributed by atoms with Gasteiger partial charge in [0.2, 0.25) is 0 Å². The number of para-hydroxylation sites is 1. The summed E-state index contributed by atoms with van der Waals surface area (Å²) in [4.78, 5) is 24.2. The molecular weight excluding hydrogens is 284 g/mol. The van der Waals surface area contributed by atoms with E-state index in [-0.39, 0.29) is 11.5 Å². The molecule has 0 aliphatic carbocycles. The van der Waals surface area contributed by atoms with Crippen molar-refractivity contribution in [1.82, 2.24) is 5.32 Å². The monoisotopic (exact) mass is 302 g/mol. The molecule has 1 aromatic carbocycles. The summed E-state index contributed by atoms with van der Waals surface area (Å²) in [6, 6.07) is 7.69. The Morgan fingerprint density at radius 2 is 2.09 bits per heavy atom. The van der Waals surface area contributed by atoms with Crippen LogP contribution in [0.25, 0.3) is 11.0 Å². The zero-order chi connectivity index (χ0) is 16.1. The van der Waals surface area contributed by atoms with E-state index in [0.717, 1.165) is 0 Å². The summed E-state index contributed by atoms with van der Waals surface area (Å²) in [5.41, 5.74) is 10.7. The molecule has 0 aliphatic rings. The molecule has 0 saturated heterocycles. The van der Waals surface area contributed by atoms with Gasteiger partial charge >= 0.3 is 5.63 Å². The van der Waals surface area contributed by atoms with Crippen molar-refractivity contribution in [3.8, 4) is 0 Å². The summed E-state index contributed by atoms with van der Waals surface area (Å²) in [5, 5.41) is 10.3. The van der Waals surface area contributed by atoms with Crippen molar-refractivity contribution in [2.24, 2.45) is 11.5 Å². The first-order valence-electron chi connectivity index (χ1n) is 6.89. The van der Waals surface area contributed by atoms with E-state index in [1.54, 1.807) is 24.3 Å². The van der Waals surface area contributed by atoms with Gasteiger partial charge in [-0.2, -0.15) is 0 Å². The fraction of sp³-hybridized carbons (Fsp3) is 0.267. The Morgan fingerprint density at radius 3 is 2.82 bits per heavy atom. The van der Waals surface area contributed by atoms with Crippen molar-refractivity contribution >= 4 is 22.7 Å². The zero-order valence-electron chi connectivity index (χ0n) is 12.0. The molecule has 2 aromatic rings. The van der Waals surface area contributed by atoms with Crippen LogP contribution in [0.1, 0.15) is 23.2 Å². The van der Waals surface area contributed by atoms with Gasteiger partial charge in [0.25, 0.3) is 0 Å². The average Bonchev–Trinajstić information content (AvgIpc) is 2.49. The lowest BCUT2D eigenvalue weighted by atomic mass is 10.0. The van der Waals surface area contributed by atoms with Crippen molar-refractivity contribution in [1.29, 1.82) is 5.41 Å². The molecule has 0 spiro atoms. The molecular formula is C15H18N4O3. The second-order valence-electron chi connectivity index (χ2n) is 4.94. The van der Waals surface area contributed by atoms with Crippen molar-refractivity contribution in [2.45, 2.75) is 18.9 Å². The minimum Gasteiger partial charge on any atom is -0.422 e. The first-order valence-corrected chi connectivity index (χ1v) is 6.89. The second kappa shape index (κ2) is 6.86. The Hall–Kier alpha value is -2.67. The van der Waals surface area contributed by atoms with Gasteiger partial charge in [0, 0.05) is 11.9 Å². The van der Waals surface area contributed by atoms with Crippen LogP contribution in [-0.4, -0.2) is 24.3 Å². The highest BCUT2D eigenvalue weighted by atomic mass is 16.4. The van der Waals surface area contributed by atoms with E-state index in [1.807, 2.05) is 0 Å². The fourth-order valence-electron chi connectivity index (χ4n) is 2.11. The number of Topliss-reactive ketones (excluding diaryl/α,β-unsaturated/α-hetero) is 1. The van der Waals surface area contributed by atoms with Gasteiger partial charge in [-0.05, 0) is 25.0 Å². The van der Waals surface area contributed by atoms with Gasteiger partial charge in [-0.25, -0.2) is 4.79 Å². The molecule has 0 fully saturated rings. The van der Waals surface area contributed by atoms with Crippen molar-refractivity contribution in [2.75, 3.05) is 6.54 Å². The number of nitrogens with one attached hydrogen (secondary N) is 2. The van der Waals surface area contributed by atoms with Crippen LogP contribution < -0.4 is 22.4 Å². The Morgan fingerprint density at radius 1 is 1.36 bits per heavy atom. The lowest BCUT2D eigenvalue weighted by Crippen LogP contribution is -2.35. The highest BCUT2D eigenvalue weighted by molar-refractivity contribution is 6.01. The molecule has 7 nitrogen and oxygen atoms in total. The number of rotatable bonds is 6. The predicted octanol–water partition coefficient (Wildman–Crippen LogP) is 0.566. The molecule has 0 radical (unpaired) electrons. The Labute approximate surface area is 126 Å². The smallest absolute Gasteiger partial charge is 0.347 e. The number of nitrogens with two attached hydrogens (primary N) is 2. The van der Waals surface area contributed by atoms with Crippen LogP contribution in [0.2, 0.25) is 0 Å². The number of guanidine groups is 1. The third-order valence-corrected chi connectivity index (χ3v) is 3.25. The van der Waals surface area contributed by atoms with E-state index in [1.165, 1.54) is 6.07 Å². The summed E-state index contributed by atoms with van der Waals surface area (Å²) in [5.74, 6) is -0.572. The third kappa shape index (κ3) is 3.70. The van der Waals surface area contributed by atoms with Crippen molar-refractivity contribution < 1.29 is 9.21 Å². The highest BCUT2D eigenvalue weighted by Gasteiger charge is 2.20. The molecule has 0 aliphatic heterocycles. The van der Waals surface area contributed by atoms with Gasteiger partial charge in [0.1, 0.15) is 11.1 Å². The number of ketones is 1. The van der Waals surface area contributed by atoms with Gasteiger partial charge in [-0.1, -0.05) is 18.2 Å². The number of carbonyl (C=O) groups excluding carboxylic acids is 1. The summed E-state index contributed by atoms with van der Waals surface area (Å²) < 4.78 is 5.13. The zero-order valence-corrected chi connectivity index (χ0v) is 12.0. The van der Waals surface area contributed by atoms with Crippen LogP contribution in [-0.2, 0) is 0 Å². The van der Waals surface area contributed by atoms with Crippen LogP contribution >= 0.6 is 0 Å². The molecule has 1 atom stereocenters. The first kappa shape index (κ1) is 15.7. The molecule has 0 bridgehead atoms. The molecule has 7 heteroatoms. The van der Waals surface area contributed by atoms with Crippen LogP contribution in [0.15, 0.2) is 39.5 Å².